The van der Waals surface area contributed by atoms with Crippen molar-refractivity contribution in [3.63, 3.8) is 0 Å². The van der Waals surface area contributed by atoms with E-state index < -0.39 is 6.04 Å². The summed E-state index contributed by atoms with van der Waals surface area (Å²) in [5.41, 5.74) is 5.17. The highest BCUT2D eigenvalue weighted by molar-refractivity contribution is 6.32. The van der Waals surface area contributed by atoms with Gasteiger partial charge in [-0.1, -0.05) is 35.9 Å². The van der Waals surface area contributed by atoms with Crippen molar-refractivity contribution in [1.82, 2.24) is 0 Å². The Morgan fingerprint density at radius 1 is 1.03 bits per heavy atom. The van der Waals surface area contributed by atoms with Crippen LogP contribution in [0.25, 0.3) is 0 Å². The number of phenols is 1. The number of rotatable bonds is 5. The molecule has 0 saturated heterocycles. The van der Waals surface area contributed by atoms with Crippen molar-refractivity contribution in [3.05, 3.63) is 88.1 Å². The lowest BCUT2D eigenvalue weighted by molar-refractivity contribution is -0.116. The van der Waals surface area contributed by atoms with Crippen LogP contribution in [0, 0.1) is 0 Å². The third-order valence-corrected chi connectivity index (χ3v) is 6.86. The van der Waals surface area contributed by atoms with Crippen LogP contribution in [-0.2, 0) is 4.79 Å². The number of fused-ring (bicyclic) bond motifs is 1. The van der Waals surface area contributed by atoms with Crippen molar-refractivity contribution in [2.24, 2.45) is 0 Å². The number of benzene rings is 3. The fourth-order valence-corrected chi connectivity index (χ4v) is 5.12. The van der Waals surface area contributed by atoms with E-state index in [2.05, 4.69) is 10.6 Å². The maximum absolute atomic E-state index is 13.7. The molecule has 2 unspecified atom stereocenters. The van der Waals surface area contributed by atoms with E-state index in [1.807, 2.05) is 55.5 Å². The molecular weight excluding hydrogens is 464 g/mol. The monoisotopic (exact) mass is 490 g/mol. The molecule has 5 rings (SSSR count). The van der Waals surface area contributed by atoms with Gasteiger partial charge in [-0.3, -0.25) is 4.79 Å². The lowest BCUT2D eigenvalue weighted by Crippen LogP contribution is -2.27. The van der Waals surface area contributed by atoms with Gasteiger partial charge in [-0.05, 0) is 66.8 Å². The van der Waals surface area contributed by atoms with E-state index >= 15 is 0 Å². The molecule has 2 aliphatic rings. The smallest absolute Gasteiger partial charge is 0.176 e. The van der Waals surface area contributed by atoms with Crippen LogP contribution >= 0.6 is 11.6 Å². The molecule has 0 aromatic heterocycles. The number of anilines is 2. The molecule has 3 aromatic rings. The van der Waals surface area contributed by atoms with Gasteiger partial charge in [-0.25, -0.2) is 0 Å². The number of phenolic OH excluding ortho intramolecular Hbond substituents is 1. The van der Waals surface area contributed by atoms with E-state index in [0.29, 0.717) is 25.0 Å². The molecular formula is C28H27ClN2O4. The van der Waals surface area contributed by atoms with E-state index in [4.69, 9.17) is 21.1 Å². The molecule has 3 N–H and O–H groups in total. The van der Waals surface area contributed by atoms with Crippen LogP contribution in [0.2, 0.25) is 5.02 Å². The summed E-state index contributed by atoms with van der Waals surface area (Å²) < 4.78 is 10.9. The van der Waals surface area contributed by atoms with Gasteiger partial charge in [-0.2, -0.15) is 0 Å². The second-order valence-corrected chi connectivity index (χ2v) is 9.13. The van der Waals surface area contributed by atoms with Crippen LogP contribution in [0.15, 0.2) is 71.9 Å². The second kappa shape index (κ2) is 9.55. The first-order valence-electron chi connectivity index (χ1n) is 11.7. The summed E-state index contributed by atoms with van der Waals surface area (Å²) in [4.78, 5) is 13.7. The van der Waals surface area contributed by atoms with E-state index in [1.165, 1.54) is 7.11 Å². The Labute approximate surface area is 209 Å². The number of hydrogen-bond acceptors (Lipinski definition) is 6. The molecule has 2 atom stereocenters. The maximum atomic E-state index is 13.7. The Morgan fingerprint density at radius 2 is 1.77 bits per heavy atom. The number of carbonyl (C=O) groups excluding carboxylic acids is 1. The summed E-state index contributed by atoms with van der Waals surface area (Å²) in [6.07, 6.45) is 1.08. The van der Waals surface area contributed by atoms with Crippen molar-refractivity contribution in [2.45, 2.75) is 31.7 Å². The van der Waals surface area contributed by atoms with Crippen LogP contribution in [0.4, 0.5) is 11.4 Å². The van der Waals surface area contributed by atoms with Gasteiger partial charge in [0.05, 0.1) is 36.2 Å². The molecule has 1 aliphatic heterocycles. The highest BCUT2D eigenvalue weighted by Crippen LogP contribution is 2.46. The van der Waals surface area contributed by atoms with Crippen LogP contribution in [0.1, 0.15) is 42.9 Å². The molecule has 1 aliphatic carbocycles. The minimum Gasteiger partial charge on any atom is -0.503 e. The first-order valence-corrected chi connectivity index (χ1v) is 12.0. The summed E-state index contributed by atoms with van der Waals surface area (Å²) in [6, 6.07) is 18.8. The first kappa shape index (κ1) is 23.1. The topological polar surface area (TPSA) is 79.8 Å². The number of aromatic hydroxyl groups is 1. The molecule has 7 heteroatoms. The van der Waals surface area contributed by atoms with E-state index in [1.54, 1.807) is 12.1 Å². The largest absolute Gasteiger partial charge is 0.503 e. The van der Waals surface area contributed by atoms with Crippen LogP contribution in [0.3, 0.4) is 0 Å². The average Bonchev–Trinajstić information content (AvgIpc) is 3.03. The van der Waals surface area contributed by atoms with Gasteiger partial charge in [0.2, 0.25) is 0 Å². The number of ketones is 1. The summed E-state index contributed by atoms with van der Waals surface area (Å²) in [7, 11) is 1.48. The molecule has 0 amide bonds. The number of ether oxygens (including phenoxy) is 2. The molecule has 1 heterocycles. The minimum atomic E-state index is -0.457. The molecule has 0 spiro atoms. The molecule has 180 valence electrons. The number of carbonyl (C=O) groups is 1. The number of halogens is 1. The van der Waals surface area contributed by atoms with Crippen molar-refractivity contribution in [1.29, 1.82) is 0 Å². The lowest BCUT2D eigenvalue weighted by Gasteiger charge is -2.30. The lowest BCUT2D eigenvalue weighted by atomic mass is 9.78. The molecule has 0 fully saturated rings. The predicted octanol–water partition coefficient (Wildman–Crippen LogP) is 6.43. The summed E-state index contributed by atoms with van der Waals surface area (Å²) >= 11 is 6.32. The SMILES string of the molecule is CCOc1ccc(C2CC(=O)C3=C(C2)Nc2ccccc2NC3c2cc(Cl)c(O)c(OC)c2)cc1. The summed E-state index contributed by atoms with van der Waals surface area (Å²) in [5.74, 6) is 1.07. The Balaban J connectivity index is 1.58. The number of methoxy groups -OCH3 is 1. The fourth-order valence-electron chi connectivity index (χ4n) is 4.90. The quantitative estimate of drug-likeness (QED) is 0.382. The third-order valence-electron chi connectivity index (χ3n) is 6.58. The number of para-hydroxylation sites is 2. The Morgan fingerprint density at radius 3 is 2.49 bits per heavy atom. The predicted molar refractivity (Wildman–Crippen MR) is 138 cm³/mol. The van der Waals surface area contributed by atoms with E-state index in [9.17, 15) is 9.90 Å². The van der Waals surface area contributed by atoms with Crippen LogP contribution < -0.4 is 20.1 Å². The standard InChI is InChI=1S/C28H27ClN2O4/c1-3-35-19-10-8-16(9-11-19)17-13-23-26(24(32)14-17)27(31-22-7-5-4-6-21(22)30-23)18-12-20(29)28(33)25(15-18)34-2/h4-12,15,17,27,30-31,33H,3,13-14H2,1-2H3. The second-order valence-electron chi connectivity index (χ2n) is 8.72. The van der Waals surface area contributed by atoms with Gasteiger partial charge in [0.25, 0.3) is 0 Å². The van der Waals surface area contributed by atoms with Gasteiger partial charge in [0, 0.05) is 17.7 Å². The zero-order chi connectivity index (χ0) is 24.5. The van der Waals surface area contributed by atoms with Crippen LogP contribution in [-0.4, -0.2) is 24.6 Å². The normalized spacial score (nSPS) is 19.1. The number of hydrogen-bond donors (Lipinski definition) is 3. The summed E-state index contributed by atoms with van der Waals surface area (Å²) in [6.45, 7) is 2.57. The van der Waals surface area contributed by atoms with Gasteiger partial charge in [-0.15, -0.1) is 0 Å². The third kappa shape index (κ3) is 4.42. The van der Waals surface area contributed by atoms with E-state index in [0.717, 1.165) is 33.9 Å². The first-order chi connectivity index (χ1) is 17.0. The number of nitrogens with one attached hydrogen (secondary N) is 2. The van der Waals surface area contributed by atoms with Crippen LogP contribution in [0.5, 0.6) is 17.2 Å². The Bertz CT molecular complexity index is 1300. The number of allylic oxidation sites excluding steroid dienone is 1. The molecule has 35 heavy (non-hydrogen) atoms. The molecule has 0 saturated carbocycles. The van der Waals surface area contributed by atoms with Crippen molar-refractivity contribution in [3.8, 4) is 17.2 Å². The molecule has 3 aromatic carbocycles. The van der Waals surface area contributed by atoms with Crippen molar-refractivity contribution in [2.75, 3.05) is 24.4 Å². The Kier molecular flexibility index (Phi) is 6.31. The zero-order valence-corrected chi connectivity index (χ0v) is 20.4. The van der Waals surface area contributed by atoms with Gasteiger partial charge in [0.15, 0.2) is 17.3 Å². The molecule has 0 radical (unpaired) electrons. The molecule has 0 bridgehead atoms. The fraction of sp³-hybridized carbons (Fsp3) is 0.250. The average molecular weight is 491 g/mol. The summed E-state index contributed by atoms with van der Waals surface area (Å²) in [5, 5.41) is 17.5. The van der Waals surface area contributed by atoms with E-state index in [-0.39, 0.29) is 28.2 Å². The highest BCUT2D eigenvalue weighted by Gasteiger charge is 2.36. The highest BCUT2D eigenvalue weighted by atomic mass is 35.5. The maximum Gasteiger partial charge on any atom is 0.176 e. The molecule has 6 nitrogen and oxygen atoms in total. The Hall–Kier alpha value is -3.64. The number of Topliss-reactive ketones (excluding diaryl/α,β-unsaturated/α-hetero) is 1. The van der Waals surface area contributed by atoms with Gasteiger partial charge < -0.3 is 25.2 Å². The zero-order valence-electron chi connectivity index (χ0n) is 19.6. The van der Waals surface area contributed by atoms with Gasteiger partial charge >= 0.3 is 0 Å². The van der Waals surface area contributed by atoms with Crippen molar-refractivity contribution >= 4 is 28.8 Å². The minimum absolute atomic E-state index is 0.0493. The van der Waals surface area contributed by atoms with Gasteiger partial charge in [0.1, 0.15) is 5.75 Å². The van der Waals surface area contributed by atoms with Crippen molar-refractivity contribution < 1.29 is 19.4 Å².